The Labute approximate surface area is 124 Å². The number of carbonyl (C=O) groups excluding carboxylic acids is 1. The maximum absolute atomic E-state index is 11.8. The Morgan fingerprint density at radius 3 is 2.80 bits per heavy atom. The van der Waals surface area contributed by atoms with Crippen molar-refractivity contribution in [1.29, 1.82) is 5.26 Å². The largest absolute Gasteiger partial charge is 0.329 e. The first kappa shape index (κ1) is 12.7. The number of hydrogen-bond donors (Lipinski definition) is 1. The molecule has 0 saturated heterocycles. The second-order valence-corrected chi connectivity index (χ2v) is 5.34. The fourth-order valence-electron chi connectivity index (χ4n) is 2.27. The highest BCUT2D eigenvalue weighted by Crippen LogP contribution is 2.37. The van der Waals surface area contributed by atoms with Gasteiger partial charge in [0.1, 0.15) is 12.6 Å². The van der Waals surface area contributed by atoms with Crippen molar-refractivity contribution >= 4 is 38.9 Å². The molecule has 20 heavy (non-hydrogen) atoms. The van der Waals surface area contributed by atoms with Crippen LogP contribution in [0.15, 0.2) is 46.9 Å². The fraction of sp³-hybridized carbons (Fsp3) is 0.0667. The summed E-state index contributed by atoms with van der Waals surface area (Å²) in [7, 11) is 0. The lowest BCUT2D eigenvalue weighted by molar-refractivity contribution is -0.115. The molecule has 2 aromatic carbocycles. The zero-order valence-corrected chi connectivity index (χ0v) is 12.0. The third-order valence-electron chi connectivity index (χ3n) is 3.14. The molecule has 98 valence electrons. The van der Waals surface area contributed by atoms with E-state index in [9.17, 15) is 10.1 Å². The van der Waals surface area contributed by atoms with Crippen LogP contribution in [0.1, 0.15) is 5.56 Å². The molecule has 0 fully saturated rings. The molecule has 1 N–H and O–H groups in total. The number of para-hydroxylation sites is 2. The Kier molecular flexibility index (Phi) is 3.17. The predicted octanol–water partition coefficient (Wildman–Crippen LogP) is 3.41. The number of nitrogens with one attached hydrogen (secondary N) is 1. The molecule has 1 aliphatic rings. The number of anilines is 3. The van der Waals surface area contributed by atoms with E-state index in [4.69, 9.17) is 0 Å². The lowest BCUT2D eigenvalue weighted by atomic mass is 10.1. The topological polar surface area (TPSA) is 56.1 Å². The molecule has 1 aliphatic heterocycles. The summed E-state index contributed by atoms with van der Waals surface area (Å²) in [6.45, 7) is 0.197. The van der Waals surface area contributed by atoms with E-state index < -0.39 is 0 Å². The SMILES string of the molecule is N#Cc1ccc(Br)cc1N1CC(=O)Nc2ccccc21. The van der Waals surface area contributed by atoms with Gasteiger partial charge in [0.2, 0.25) is 5.91 Å². The first-order valence-electron chi connectivity index (χ1n) is 6.05. The molecular weight excluding hydrogens is 318 g/mol. The van der Waals surface area contributed by atoms with Gasteiger partial charge in [0.25, 0.3) is 0 Å². The monoisotopic (exact) mass is 327 g/mol. The number of benzene rings is 2. The number of nitrogens with zero attached hydrogens (tertiary/aromatic N) is 2. The van der Waals surface area contributed by atoms with Crippen molar-refractivity contribution < 1.29 is 4.79 Å². The minimum Gasteiger partial charge on any atom is -0.329 e. The van der Waals surface area contributed by atoms with Gasteiger partial charge in [0.15, 0.2) is 0 Å². The van der Waals surface area contributed by atoms with Gasteiger partial charge in [-0.25, -0.2) is 0 Å². The van der Waals surface area contributed by atoms with E-state index in [1.165, 1.54) is 0 Å². The van der Waals surface area contributed by atoms with E-state index in [0.29, 0.717) is 5.56 Å². The zero-order chi connectivity index (χ0) is 14.1. The van der Waals surface area contributed by atoms with Gasteiger partial charge in [-0.05, 0) is 30.3 Å². The molecule has 0 radical (unpaired) electrons. The Bertz CT molecular complexity index is 736. The minimum absolute atomic E-state index is 0.0902. The van der Waals surface area contributed by atoms with Crippen LogP contribution in [-0.2, 0) is 4.79 Å². The number of rotatable bonds is 1. The molecule has 0 spiro atoms. The summed E-state index contributed by atoms with van der Waals surface area (Å²) in [6.07, 6.45) is 0. The predicted molar refractivity (Wildman–Crippen MR) is 80.9 cm³/mol. The number of carbonyl (C=O) groups is 1. The summed E-state index contributed by atoms with van der Waals surface area (Å²) in [5, 5.41) is 12.1. The number of fused-ring (bicyclic) bond motifs is 1. The summed E-state index contributed by atoms with van der Waals surface area (Å²) < 4.78 is 0.870. The Morgan fingerprint density at radius 2 is 2.00 bits per heavy atom. The van der Waals surface area contributed by atoms with Gasteiger partial charge < -0.3 is 10.2 Å². The smallest absolute Gasteiger partial charge is 0.244 e. The van der Waals surface area contributed by atoms with Crippen LogP contribution >= 0.6 is 15.9 Å². The first-order valence-corrected chi connectivity index (χ1v) is 6.84. The third kappa shape index (κ3) is 2.15. The highest BCUT2D eigenvalue weighted by atomic mass is 79.9. The van der Waals surface area contributed by atoms with Gasteiger partial charge in [0, 0.05) is 4.47 Å². The van der Waals surface area contributed by atoms with Crippen LogP contribution in [0.25, 0.3) is 0 Å². The van der Waals surface area contributed by atoms with Gasteiger partial charge in [-0.3, -0.25) is 4.79 Å². The molecule has 1 heterocycles. The molecule has 0 unspecified atom stereocenters. The van der Waals surface area contributed by atoms with Crippen molar-refractivity contribution in [2.75, 3.05) is 16.8 Å². The normalized spacial score (nSPS) is 13.4. The lowest BCUT2D eigenvalue weighted by Crippen LogP contribution is -2.35. The summed E-state index contributed by atoms with van der Waals surface area (Å²) in [4.78, 5) is 13.7. The molecule has 0 saturated carbocycles. The van der Waals surface area contributed by atoms with Gasteiger partial charge in [-0.2, -0.15) is 5.26 Å². The molecule has 0 bridgehead atoms. The molecule has 3 rings (SSSR count). The summed E-state index contributed by atoms with van der Waals surface area (Å²) in [5.74, 6) is -0.0902. The first-order chi connectivity index (χ1) is 9.69. The van der Waals surface area contributed by atoms with Crippen LogP contribution in [0.3, 0.4) is 0 Å². The van der Waals surface area contributed by atoms with Crippen molar-refractivity contribution in [3.05, 3.63) is 52.5 Å². The van der Waals surface area contributed by atoms with Crippen molar-refractivity contribution in [2.45, 2.75) is 0 Å². The minimum atomic E-state index is -0.0902. The van der Waals surface area contributed by atoms with E-state index >= 15 is 0 Å². The van der Waals surface area contributed by atoms with E-state index in [2.05, 4.69) is 27.3 Å². The Balaban J connectivity index is 2.18. The quantitative estimate of drug-likeness (QED) is 0.873. The van der Waals surface area contributed by atoms with Crippen molar-refractivity contribution in [1.82, 2.24) is 0 Å². The molecule has 5 heteroatoms. The van der Waals surface area contributed by atoms with Crippen molar-refractivity contribution in [3.63, 3.8) is 0 Å². The molecule has 0 aromatic heterocycles. The lowest BCUT2D eigenvalue weighted by Gasteiger charge is -2.31. The standard InChI is InChI=1S/C15H10BrN3O/c16-11-6-5-10(8-17)14(7-11)19-9-15(20)18-12-3-1-2-4-13(12)19/h1-7H,9H2,(H,18,20). The zero-order valence-electron chi connectivity index (χ0n) is 10.4. The van der Waals surface area contributed by atoms with Gasteiger partial charge >= 0.3 is 0 Å². The Hall–Kier alpha value is -2.32. The molecule has 0 aliphatic carbocycles. The summed E-state index contributed by atoms with van der Waals surface area (Å²) in [6, 6.07) is 15.1. The second-order valence-electron chi connectivity index (χ2n) is 4.42. The average molecular weight is 328 g/mol. The molecule has 1 amide bonds. The van der Waals surface area contributed by atoms with E-state index in [1.807, 2.05) is 41.3 Å². The fourth-order valence-corrected chi connectivity index (χ4v) is 2.62. The Morgan fingerprint density at radius 1 is 1.20 bits per heavy atom. The van der Waals surface area contributed by atoms with Gasteiger partial charge in [0.05, 0.1) is 22.6 Å². The highest BCUT2D eigenvalue weighted by molar-refractivity contribution is 9.10. The third-order valence-corrected chi connectivity index (χ3v) is 3.63. The highest BCUT2D eigenvalue weighted by Gasteiger charge is 2.24. The molecule has 2 aromatic rings. The van der Waals surface area contributed by atoms with Crippen LogP contribution in [-0.4, -0.2) is 12.5 Å². The van der Waals surface area contributed by atoms with E-state index in [-0.39, 0.29) is 12.5 Å². The molecule has 4 nitrogen and oxygen atoms in total. The van der Waals surface area contributed by atoms with Gasteiger partial charge in [-0.1, -0.05) is 28.1 Å². The van der Waals surface area contributed by atoms with Crippen molar-refractivity contribution in [2.24, 2.45) is 0 Å². The van der Waals surface area contributed by atoms with Crippen LogP contribution in [0.2, 0.25) is 0 Å². The number of halogens is 1. The van der Waals surface area contributed by atoms with Crippen LogP contribution < -0.4 is 10.2 Å². The maximum atomic E-state index is 11.8. The second kappa shape index (κ2) is 4.99. The van der Waals surface area contributed by atoms with Crippen LogP contribution in [0, 0.1) is 11.3 Å². The van der Waals surface area contributed by atoms with Gasteiger partial charge in [-0.15, -0.1) is 0 Å². The molecule has 0 atom stereocenters. The average Bonchev–Trinajstić information content (AvgIpc) is 2.46. The van der Waals surface area contributed by atoms with E-state index in [0.717, 1.165) is 21.5 Å². The summed E-state index contributed by atoms with van der Waals surface area (Å²) in [5.41, 5.74) is 2.91. The maximum Gasteiger partial charge on any atom is 0.244 e. The van der Waals surface area contributed by atoms with Crippen molar-refractivity contribution in [3.8, 4) is 6.07 Å². The van der Waals surface area contributed by atoms with E-state index in [1.54, 1.807) is 6.07 Å². The van der Waals surface area contributed by atoms with Crippen LogP contribution in [0.5, 0.6) is 0 Å². The number of amides is 1. The molecular formula is C15H10BrN3O. The number of nitriles is 1. The van der Waals surface area contributed by atoms with Crippen LogP contribution in [0.4, 0.5) is 17.1 Å². The number of hydrogen-bond acceptors (Lipinski definition) is 3. The summed E-state index contributed by atoms with van der Waals surface area (Å²) >= 11 is 3.41.